The van der Waals surface area contributed by atoms with E-state index in [-0.39, 0.29) is 17.0 Å². The summed E-state index contributed by atoms with van der Waals surface area (Å²) in [6, 6.07) is 4.41. The lowest BCUT2D eigenvalue weighted by Crippen LogP contribution is -2.35. The zero-order valence-electron chi connectivity index (χ0n) is 12.8. The van der Waals surface area contributed by atoms with Crippen LogP contribution in [0.15, 0.2) is 40.5 Å². The average molecular weight is 341 g/mol. The second-order valence-electron chi connectivity index (χ2n) is 5.44. The molecule has 1 aromatic carbocycles. The Balaban J connectivity index is 2.80. The number of carboxylic acid groups (broad SMARTS) is 2. The van der Waals surface area contributed by atoms with Crippen molar-refractivity contribution >= 4 is 17.7 Å². The van der Waals surface area contributed by atoms with Gasteiger partial charge in [0.25, 0.3) is 0 Å². The Morgan fingerprint density at radius 2 is 1.71 bits per heavy atom. The van der Waals surface area contributed by atoms with Gasteiger partial charge < -0.3 is 10.2 Å². The maximum absolute atomic E-state index is 13.3. The zero-order valence-corrected chi connectivity index (χ0v) is 12.8. The first-order valence-corrected chi connectivity index (χ1v) is 6.94. The molecule has 0 fully saturated rings. The molecule has 0 radical (unpaired) electrons. The van der Waals surface area contributed by atoms with Crippen molar-refractivity contribution in [3.05, 3.63) is 46.7 Å². The van der Waals surface area contributed by atoms with Gasteiger partial charge in [0, 0.05) is 17.3 Å². The molecule has 24 heavy (non-hydrogen) atoms. The molecule has 0 amide bonds. The number of halogens is 3. The van der Waals surface area contributed by atoms with E-state index in [2.05, 4.69) is 4.99 Å². The number of carboxylic acids is 2. The molecule has 1 aromatic rings. The van der Waals surface area contributed by atoms with Gasteiger partial charge in [-0.3, -0.25) is 9.79 Å². The molecule has 128 valence electrons. The summed E-state index contributed by atoms with van der Waals surface area (Å²) in [5.41, 5.74) is -1.82. The van der Waals surface area contributed by atoms with Crippen molar-refractivity contribution in [2.24, 2.45) is 10.9 Å². The summed E-state index contributed by atoms with van der Waals surface area (Å²) in [5.74, 6) is -5.87. The van der Waals surface area contributed by atoms with Gasteiger partial charge in [-0.2, -0.15) is 13.2 Å². The lowest BCUT2D eigenvalue weighted by Gasteiger charge is -2.31. The summed E-state index contributed by atoms with van der Waals surface area (Å²) in [7, 11) is 0. The number of aliphatic imine (C=N–C) groups is 1. The summed E-state index contributed by atoms with van der Waals surface area (Å²) in [6.45, 7) is 2.71. The summed E-state index contributed by atoms with van der Waals surface area (Å²) in [5, 5.41) is 18.9. The van der Waals surface area contributed by atoms with Gasteiger partial charge in [0.2, 0.25) is 0 Å². The molecule has 1 heterocycles. The Labute approximate surface area is 135 Å². The number of allylic oxidation sites excluding steroid dienone is 1. The SMILES string of the molecule is CC1=NC(C)=C(C(=O)O)C(c2ccccc2C(F)(F)F)C1C(=O)O. The highest BCUT2D eigenvalue weighted by Gasteiger charge is 2.45. The topological polar surface area (TPSA) is 87.0 Å². The normalized spacial score (nSPS) is 21.5. The summed E-state index contributed by atoms with van der Waals surface area (Å²) in [6.07, 6.45) is -4.74. The molecule has 0 saturated carbocycles. The fourth-order valence-corrected chi connectivity index (χ4v) is 3.00. The number of carbonyl (C=O) groups is 2. The van der Waals surface area contributed by atoms with E-state index in [4.69, 9.17) is 0 Å². The first-order chi connectivity index (χ1) is 11.1. The van der Waals surface area contributed by atoms with Crippen LogP contribution in [0.3, 0.4) is 0 Å². The average Bonchev–Trinajstić information content (AvgIpc) is 2.44. The van der Waals surface area contributed by atoms with Crippen LogP contribution in [0.1, 0.15) is 30.9 Å². The molecule has 0 saturated heterocycles. The van der Waals surface area contributed by atoms with Gasteiger partial charge in [-0.15, -0.1) is 0 Å². The van der Waals surface area contributed by atoms with E-state index in [1.54, 1.807) is 0 Å². The predicted molar refractivity (Wildman–Crippen MR) is 78.8 cm³/mol. The number of aliphatic carboxylic acids is 2. The molecule has 0 aromatic heterocycles. The van der Waals surface area contributed by atoms with E-state index in [0.717, 1.165) is 12.1 Å². The standard InChI is InChI=1S/C16H14F3NO4/c1-7-11(14(21)22)13(12(15(23)24)8(2)20-7)9-5-3-4-6-10(9)16(17,18)19/h3-6,11,13H,1-2H3,(H,21,22)(H,23,24). The van der Waals surface area contributed by atoms with Crippen LogP contribution in [0, 0.1) is 5.92 Å². The van der Waals surface area contributed by atoms with Crippen LogP contribution in [0.25, 0.3) is 0 Å². The van der Waals surface area contributed by atoms with Crippen LogP contribution >= 0.6 is 0 Å². The van der Waals surface area contributed by atoms with Crippen LogP contribution in [0.5, 0.6) is 0 Å². The van der Waals surface area contributed by atoms with Gasteiger partial charge in [0.05, 0.1) is 11.1 Å². The Morgan fingerprint density at radius 1 is 1.12 bits per heavy atom. The highest BCUT2D eigenvalue weighted by molar-refractivity contribution is 6.06. The molecule has 2 unspecified atom stereocenters. The van der Waals surface area contributed by atoms with Crippen molar-refractivity contribution in [1.29, 1.82) is 0 Å². The van der Waals surface area contributed by atoms with E-state index < -0.39 is 41.1 Å². The molecule has 0 spiro atoms. The number of rotatable bonds is 3. The molecule has 5 nitrogen and oxygen atoms in total. The van der Waals surface area contributed by atoms with Crippen LogP contribution in [-0.2, 0) is 15.8 Å². The Kier molecular flexibility index (Phi) is 4.50. The fraction of sp³-hybridized carbons (Fsp3) is 0.312. The first-order valence-electron chi connectivity index (χ1n) is 6.94. The zero-order chi connectivity index (χ0) is 18.2. The fourth-order valence-electron chi connectivity index (χ4n) is 3.00. The van der Waals surface area contributed by atoms with Crippen molar-refractivity contribution in [1.82, 2.24) is 0 Å². The van der Waals surface area contributed by atoms with E-state index in [0.29, 0.717) is 0 Å². The molecule has 0 bridgehead atoms. The lowest BCUT2D eigenvalue weighted by atomic mass is 9.74. The van der Waals surface area contributed by atoms with Crippen molar-refractivity contribution < 1.29 is 33.0 Å². The Hall–Kier alpha value is -2.64. The van der Waals surface area contributed by atoms with Crippen LogP contribution in [0.4, 0.5) is 13.2 Å². The number of alkyl halides is 3. The smallest absolute Gasteiger partial charge is 0.416 e. The van der Waals surface area contributed by atoms with Crippen molar-refractivity contribution in [3.8, 4) is 0 Å². The monoisotopic (exact) mass is 341 g/mol. The van der Waals surface area contributed by atoms with Gasteiger partial charge in [-0.1, -0.05) is 18.2 Å². The third-order valence-electron chi connectivity index (χ3n) is 3.93. The van der Waals surface area contributed by atoms with E-state index >= 15 is 0 Å². The quantitative estimate of drug-likeness (QED) is 0.883. The predicted octanol–water partition coefficient (Wildman–Crippen LogP) is 3.32. The summed E-state index contributed by atoms with van der Waals surface area (Å²) in [4.78, 5) is 27.1. The second-order valence-corrected chi connectivity index (χ2v) is 5.44. The van der Waals surface area contributed by atoms with Gasteiger partial charge in [-0.25, -0.2) is 4.79 Å². The largest absolute Gasteiger partial charge is 0.481 e. The molecule has 1 aliphatic rings. The molecule has 2 atom stereocenters. The molecular weight excluding hydrogens is 327 g/mol. The van der Waals surface area contributed by atoms with Crippen molar-refractivity contribution in [2.45, 2.75) is 25.9 Å². The molecule has 2 N–H and O–H groups in total. The third-order valence-corrected chi connectivity index (χ3v) is 3.93. The van der Waals surface area contributed by atoms with Crippen LogP contribution < -0.4 is 0 Å². The van der Waals surface area contributed by atoms with Gasteiger partial charge >= 0.3 is 18.1 Å². The summed E-state index contributed by atoms with van der Waals surface area (Å²) >= 11 is 0. The van der Waals surface area contributed by atoms with Gasteiger partial charge in [-0.05, 0) is 25.5 Å². The lowest BCUT2D eigenvalue weighted by molar-refractivity contribution is -0.142. The van der Waals surface area contributed by atoms with Gasteiger partial charge in [0.15, 0.2) is 0 Å². The Morgan fingerprint density at radius 3 is 2.21 bits per heavy atom. The number of nitrogens with zero attached hydrogens (tertiary/aromatic N) is 1. The third kappa shape index (κ3) is 3.04. The van der Waals surface area contributed by atoms with Gasteiger partial charge in [0.1, 0.15) is 5.92 Å². The molecule has 8 heteroatoms. The van der Waals surface area contributed by atoms with Crippen LogP contribution in [-0.4, -0.2) is 27.9 Å². The van der Waals surface area contributed by atoms with Crippen LogP contribution in [0.2, 0.25) is 0 Å². The molecule has 0 aliphatic carbocycles. The maximum atomic E-state index is 13.3. The minimum Gasteiger partial charge on any atom is -0.481 e. The second kappa shape index (κ2) is 6.10. The van der Waals surface area contributed by atoms with E-state index in [1.807, 2.05) is 0 Å². The van der Waals surface area contributed by atoms with E-state index in [1.165, 1.54) is 26.0 Å². The number of hydrogen-bond acceptors (Lipinski definition) is 3. The molecular formula is C16H14F3NO4. The number of benzene rings is 1. The highest BCUT2D eigenvalue weighted by Crippen LogP contribution is 2.44. The van der Waals surface area contributed by atoms with Crippen molar-refractivity contribution in [2.75, 3.05) is 0 Å². The Bertz CT molecular complexity index is 765. The minimum atomic E-state index is -4.74. The maximum Gasteiger partial charge on any atom is 0.416 e. The summed E-state index contributed by atoms with van der Waals surface area (Å²) < 4.78 is 39.9. The number of hydrogen-bond donors (Lipinski definition) is 2. The first kappa shape index (κ1) is 17.7. The van der Waals surface area contributed by atoms with Crippen molar-refractivity contribution in [3.63, 3.8) is 0 Å². The molecule has 1 aliphatic heterocycles. The molecule has 2 rings (SSSR count). The highest BCUT2D eigenvalue weighted by atomic mass is 19.4. The minimum absolute atomic E-state index is 0.000484. The van der Waals surface area contributed by atoms with E-state index in [9.17, 15) is 33.0 Å².